The average Bonchev–Trinajstić information content (AvgIpc) is 2.63. The highest BCUT2D eigenvalue weighted by molar-refractivity contribution is 5.69. The van der Waals surface area contributed by atoms with Gasteiger partial charge in [0, 0.05) is 6.42 Å². The van der Waals surface area contributed by atoms with Crippen molar-refractivity contribution in [1.29, 1.82) is 0 Å². The fourth-order valence-electron chi connectivity index (χ4n) is 3.12. The average molecular weight is 391 g/mol. The maximum Gasteiger partial charge on any atom is 0.306 e. The highest BCUT2D eigenvalue weighted by atomic mass is 16.7. The van der Waals surface area contributed by atoms with Crippen molar-refractivity contribution in [2.24, 2.45) is 11.8 Å². The Balaban J connectivity index is 2.30. The number of rotatable bonds is 11. The van der Waals surface area contributed by atoms with Crippen LogP contribution in [0.2, 0.25) is 0 Å². The Morgan fingerprint density at radius 1 is 1.04 bits per heavy atom. The van der Waals surface area contributed by atoms with E-state index in [1.165, 1.54) is 0 Å². The van der Waals surface area contributed by atoms with E-state index in [4.69, 9.17) is 14.2 Å². The lowest BCUT2D eigenvalue weighted by molar-refractivity contribution is -0.303. The monoisotopic (exact) mass is 390 g/mol. The molecule has 27 heavy (non-hydrogen) atoms. The zero-order chi connectivity index (χ0) is 20.6. The van der Waals surface area contributed by atoms with Crippen molar-refractivity contribution in [3.05, 3.63) is 0 Å². The molecule has 3 N–H and O–H groups in total. The molecule has 0 aromatic rings. The summed E-state index contributed by atoms with van der Waals surface area (Å²) in [4.78, 5) is 11.9. The number of aliphatic hydroxyl groups excluding tert-OH is 3. The lowest BCUT2D eigenvalue weighted by Gasteiger charge is -2.40. The van der Waals surface area contributed by atoms with Gasteiger partial charge < -0.3 is 29.5 Å². The van der Waals surface area contributed by atoms with E-state index in [-0.39, 0.29) is 18.0 Å². The normalized spacial score (nSPS) is 30.9. The van der Waals surface area contributed by atoms with Crippen molar-refractivity contribution >= 4 is 5.97 Å². The minimum Gasteiger partial charge on any atom is -0.465 e. The third-order valence-electron chi connectivity index (χ3n) is 5.39. The first-order valence-electron chi connectivity index (χ1n) is 10.2. The number of carbonyl (C=O) groups excluding carboxylic acids is 1. The molecular weight excluding hydrogens is 352 g/mol. The highest BCUT2D eigenvalue weighted by Crippen LogP contribution is 2.24. The van der Waals surface area contributed by atoms with Crippen LogP contribution in [0.15, 0.2) is 0 Å². The molecule has 0 aromatic heterocycles. The number of carbonyl (C=O) groups is 1. The SMILES string of the molecule is CCC(CC)COC(=O)C[C@@H](C)CC[C@@H](C)O[C@@H]1O[C@@H](C)[C@@H](O)[C@@H](O)[C@@H]1O. The van der Waals surface area contributed by atoms with Crippen molar-refractivity contribution < 1.29 is 34.3 Å². The summed E-state index contributed by atoms with van der Waals surface area (Å²) >= 11 is 0. The van der Waals surface area contributed by atoms with Crippen LogP contribution in [0.4, 0.5) is 0 Å². The molecule has 1 aliphatic rings. The molecular formula is C20H38O7. The molecule has 1 fully saturated rings. The lowest BCUT2D eigenvalue weighted by Crippen LogP contribution is -2.57. The molecule has 7 atom stereocenters. The second-order valence-electron chi connectivity index (χ2n) is 7.88. The van der Waals surface area contributed by atoms with Crippen molar-refractivity contribution in [3.63, 3.8) is 0 Å². The second kappa shape index (κ2) is 12.0. The number of hydrogen-bond donors (Lipinski definition) is 3. The van der Waals surface area contributed by atoms with E-state index < -0.39 is 30.7 Å². The van der Waals surface area contributed by atoms with Gasteiger partial charge in [-0.1, -0.05) is 33.6 Å². The zero-order valence-corrected chi connectivity index (χ0v) is 17.3. The van der Waals surface area contributed by atoms with E-state index in [0.29, 0.717) is 25.4 Å². The van der Waals surface area contributed by atoms with Crippen molar-refractivity contribution in [2.75, 3.05) is 6.61 Å². The van der Waals surface area contributed by atoms with Crippen molar-refractivity contribution in [3.8, 4) is 0 Å². The molecule has 1 aliphatic heterocycles. The fraction of sp³-hybridized carbons (Fsp3) is 0.950. The quantitative estimate of drug-likeness (QED) is 0.463. The molecule has 1 saturated heterocycles. The minimum absolute atomic E-state index is 0.161. The van der Waals surface area contributed by atoms with Crippen LogP contribution in [0.5, 0.6) is 0 Å². The van der Waals surface area contributed by atoms with Crippen LogP contribution in [-0.2, 0) is 19.0 Å². The Kier molecular flexibility index (Phi) is 10.8. The van der Waals surface area contributed by atoms with Crippen molar-refractivity contribution in [2.45, 2.75) is 104 Å². The standard InChI is InChI=1S/C20H38O7/c1-6-15(7-2)11-25-16(21)10-12(3)8-9-13(4)26-20-19(24)18(23)17(22)14(5)27-20/h12-15,17-20,22-24H,6-11H2,1-5H3/t12-,13+,14-,17+,18+,19-,20+/m0/s1. The topological polar surface area (TPSA) is 105 Å². The second-order valence-corrected chi connectivity index (χ2v) is 7.88. The van der Waals surface area contributed by atoms with E-state index in [9.17, 15) is 20.1 Å². The molecule has 0 aliphatic carbocycles. The van der Waals surface area contributed by atoms with Crippen LogP contribution in [0.25, 0.3) is 0 Å². The Hall–Kier alpha value is -0.730. The zero-order valence-electron chi connectivity index (χ0n) is 17.3. The lowest BCUT2D eigenvalue weighted by atomic mass is 9.99. The first-order valence-corrected chi connectivity index (χ1v) is 10.2. The van der Waals surface area contributed by atoms with Crippen LogP contribution in [-0.4, -0.2) is 64.7 Å². The van der Waals surface area contributed by atoms with Crippen LogP contribution in [0.1, 0.15) is 66.7 Å². The van der Waals surface area contributed by atoms with Crippen LogP contribution < -0.4 is 0 Å². The van der Waals surface area contributed by atoms with Crippen LogP contribution in [0, 0.1) is 11.8 Å². The Labute approximate surface area is 163 Å². The van der Waals surface area contributed by atoms with Gasteiger partial charge in [-0.2, -0.15) is 0 Å². The Morgan fingerprint density at radius 3 is 2.26 bits per heavy atom. The van der Waals surface area contributed by atoms with Gasteiger partial charge in [-0.25, -0.2) is 0 Å². The Bertz CT molecular complexity index is 427. The summed E-state index contributed by atoms with van der Waals surface area (Å²) in [5.74, 6) is 0.421. The summed E-state index contributed by atoms with van der Waals surface area (Å²) in [6.45, 7) is 10.2. The molecule has 0 radical (unpaired) electrons. The van der Waals surface area contributed by atoms with Crippen molar-refractivity contribution in [1.82, 2.24) is 0 Å². The van der Waals surface area contributed by atoms with E-state index in [2.05, 4.69) is 13.8 Å². The first-order chi connectivity index (χ1) is 12.7. The molecule has 160 valence electrons. The molecule has 0 aromatic carbocycles. The number of ether oxygens (including phenoxy) is 3. The minimum atomic E-state index is -1.30. The predicted molar refractivity (Wildman–Crippen MR) is 101 cm³/mol. The molecule has 0 unspecified atom stereocenters. The first kappa shape index (κ1) is 24.3. The smallest absolute Gasteiger partial charge is 0.306 e. The predicted octanol–water partition coefficient (Wildman–Crippen LogP) is 2.00. The maximum absolute atomic E-state index is 11.9. The molecule has 7 nitrogen and oxygen atoms in total. The third kappa shape index (κ3) is 8.03. The van der Waals surface area contributed by atoms with Gasteiger partial charge in [-0.05, 0) is 38.5 Å². The van der Waals surface area contributed by atoms with E-state index in [0.717, 1.165) is 19.3 Å². The van der Waals surface area contributed by atoms with E-state index >= 15 is 0 Å². The number of hydrogen-bond acceptors (Lipinski definition) is 7. The summed E-state index contributed by atoms with van der Waals surface area (Å²) in [5, 5.41) is 29.5. The summed E-state index contributed by atoms with van der Waals surface area (Å²) in [7, 11) is 0. The summed E-state index contributed by atoms with van der Waals surface area (Å²) in [6, 6.07) is 0. The fourth-order valence-corrected chi connectivity index (χ4v) is 3.12. The van der Waals surface area contributed by atoms with Gasteiger partial charge >= 0.3 is 5.97 Å². The molecule has 7 heteroatoms. The summed E-state index contributed by atoms with van der Waals surface area (Å²) in [6.07, 6.45) is -1.71. The highest BCUT2D eigenvalue weighted by Gasteiger charge is 2.42. The van der Waals surface area contributed by atoms with Crippen LogP contribution in [0.3, 0.4) is 0 Å². The molecule has 1 heterocycles. The van der Waals surface area contributed by atoms with E-state index in [1.54, 1.807) is 6.92 Å². The largest absolute Gasteiger partial charge is 0.465 e. The maximum atomic E-state index is 11.9. The summed E-state index contributed by atoms with van der Waals surface area (Å²) < 4.78 is 16.5. The van der Waals surface area contributed by atoms with Crippen LogP contribution >= 0.6 is 0 Å². The Morgan fingerprint density at radius 2 is 1.67 bits per heavy atom. The molecule has 1 rings (SSSR count). The van der Waals surface area contributed by atoms with Gasteiger partial charge in [0.2, 0.25) is 0 Å². The number of aliphatic hydroxyl groups is 3. The third-order valence-corrected chi connectivity index (χ3v) is 5.39. The molecule has 0 bridgehead atoms. The van der Waals surface area contributed by atoms with Gasteiger partial charge in [0.25, 0.3) is 0 Å². The molecule has 0 spiro atoms. The van der Waals surface area contributed by atoms with Gasteiger partial charge in [0.05, 0.1) is 18.8 Å². The van der Waals surface area contributed by atoms with Gasteiger partial charge in [-0.3, -0.25) is 4.79 Å². The molecule has 0 saturated carbocycles. The summed E-state index contributed by atoms with van der Waals surface area (Å²) in [5.41, 5.74) is 0. The van der Waals surface area contributed by atoms with Gasteiger partial charge in [0.15, 0.2) is 6.29 Å². The number of esters is 1. The van der Waals surface area contributed by atoms with Gasteiger partial charge in [0.1, 0.15) is 18.3 Å². The van der Waals surface area contributed by atoms with Gasteiger partial charge in [-0.15, -0.1) is 0 Å². The van der Waals surface area contributed by atoms with E-state index in [1.807, 2.05) is 13.8 Å². The molecule has 0 amide bonds.